The summed E-state index contributed by atoms with van der Waals surface area (Å²) >= 11 is 0. The lowest BCUT2D eigenvalue weighted by Gasteiger charge is -2.26. The van der Waals surface area contributed by atoms with Crippen LogP contribution in [0, 0.1) is 0 Å². The average molecular weight is 319 g/mol. The second-order valence-electron chi connectivity index (χ2n) is 5.27. The van der Waals surface area contributed by atoms with Crippen molar-refractivity contribution in [3.05, 3.63) is 95.8 Å². The van der Waals surface area contributed by atoms with Gasteiger partial charge in [-0.2, -0.15) is 5.10 Å². The van der Waals surface area contributed by atoms with Gasteiger partial charge in [-0.15, -0.1) is 0 Å². The molecule has 0 saturated heterocycles. The van der Waals surface area contributed by atoms with E-state index in [1.54, 1.807) is 54.7 Å². The van der Waals surface area contributed by atoms with Crippen molar-refractivity contribution < 1.29 is 9.90 Å². The van der Waals surface area contributed by atoms with E-state index in [2.05, 4.69) is 15.5 Å². The first-order valence-electron chi connectivity index (χ1n) is 7.51. The first-order valence-corrected chi connectivity index (χ1v) is 7.51. The number of hydrogen-bond donors (Lipinski definition) is 3. The van der Waals surface area contributed by atoms with E-state index in [1.807, 2.05) is 24.3 Å². The zero-order valence-corrected chi connectivity index (χ0v) is 12.9. The molecule has 0 fully saturated rings. The Bertz CT molecular complexity index is 773. The third-order valence-electron chi connectivity index (χ3n) is 3.70. The van der Waals surface area contributed by atoms with Gasteiger partial charge in [0.05, 0.1) is 11.9 Å². The normalized spacial score (nSPS) is 11.5. The number of hydrogen-bond acceptors (Lipinski definition) is 3. The number of aromatic nitrogens is 1. The first-order chi connectivity index (χ1) is 11.7. The number of nitrogens with one attached hydrogen (secondary N) is 2. The van der Waals surface area contributed by atoms with Crippen LogP contribution in [0.2, 0.25) is 0 Å². The average Bonchev–Trinajstić information content (AvgIpc) is 3.16. The number of hydrazone groups is 1. The van der Waals surface area contributed by atoms with Gasteiger partial charge in [0.2, 0.25) is 0 Å². The van der Waals surface area contributed by atoms with Gasteiger partial charge < -0.3 is 10.1 Å². The van der Waals surface area contributed by atoms with E-state index in [0.29, 0.717) is 11.1 Å². The number of benzene rings is 2. The molecule has 0 aliphatic rings. The van der Waals surface area contributed by atoms with Crippen LogP contribution in [0.3, 0.4) is 0 Å². The molecule has 5 heteroatoms. The minimum absolute atomic E-state index is 0.476. The molecule has 1 aromatic heterocycles. The van der Waals surface area contributed by atoms with E-state index < -0.39 is 11.5 Å². The van der Waals surface area contributed by atoms with Crippen LogP contribution in [-0.2, 0) is 10.4 Å². The number of H-pyrrole nitrogens is 1. The van der Waals surface area contributed by atoms with Crippen molar-refractivity contribution in [2.45, 2.75) is 5.60 Å². The Morgan fingerprint density at radius 1 is 0.958 bits per heavy atom. The predicted octanol–water partition coefficient (Wildman–Crippen LogP) is 2.40. The van der Waals surface area contributed by atoms with E-state index in [4.69, 9.17) is 0 Å². The van der Waals surface area contributed by atoms with E-state index in [-0.39, 0.29) is 0 Å². The Morgan fingerprint density at radius 2 is 1.54 bits per heavy atom. The van der Waals surface area contributed by atoms with Crippen LogP contribution in [-0.4, -0.2) is 22.2 Å². The third kappa shape index (κ3) is 3.11. The second kappa shape index (κ2) is 6.93. The van der Waals surface area contributed by atoms with Gasteiger partial charge in [-0.3, -0.25) is 4.79 Å². The Hall–Kier alpha value is -3.18. The molecule has 0 saturated carbocycles. The molecule has 0 bridgehead atoms. The van der Waals surface area contributed by atoms with Crippen molar-refractivity contribution in [1.82, 2.24) is 10.4 Å². The highest BCUT2D eigenvalue weighted by Gasteiger charge is 2.39. The van der Waals surface area contributed by atoms with Gasteiger partial charge in [0.15, 0.2) is 5.60 Å². The number of carbonyl (C=O) groups excluding carboxylic acids is 1. The Morgan fingerprint density at radius 3 is 2.04 bits per heavy atom. The molecule has 1 amide bonds. The summed E-state index contributed by atoms with van der Waals surface area (Å²) in [4.78, 5) is 15.7. The van der Waals surface area contributed by atoms with Gasteiger partial charge in [-0.05, 0) is 23.3 Å². The number of carbonyl (C=O) groups is 1. The summed E-state index contributed by atoms with van der Waals surface area (Å²) in [6.07, 6.45) is 3.24. The quantitative estimate of drug-likeness (QED) is 0.499. The Kier molecular flexibility index (Phi) is 4.54. The molecule has 0 spiro atoms. The van der Waals surface area contributed by atoms with Crippen LogP contribution in [0.1, 0.15) is 16.8 Å². The van der Waals surface area contributed by atoms with Crippen molar-refractivity contribution in [2.24, 2.45) is 5.10 Å². The van der Waals surface area contributed by atoms with Gasteiger partial charge >= 0.3 is 0 Å². The molecule has 0 atom stereocenters. The number of nitrogens with zero attached hydrogens (tertiary/aromatic N) is 1. The number of amides is 1. The molecule has 3 N–H and O–H groups in total. The molecule has 3 rings (SSSR count). The maximum absolute atomic E-state index is 12.7. The fourth-order valence-electron chi connectivity index (χ4n) is 2.45. The van der Waals surface area contributed by atoms with Crippen molar-refractivity contribution >= 4 is 12.1 Å². The maximum atomic E-state index is 12.7. The van der Waals surface area contributed by atoms with Gasteiger partial charge in [0, 0.05) is 6.20 Å². The molecule has 2 aromatic carbocycles. The zero-order chi connectivity index (χ0) is 16.8. The minimum atomic E-state index is -1.82. The lowest BCUT2D eigenvalue weighted by molar-refractivity contribution is -0.136. The summed E-state index contributed by atoms with van der Waals surface area (Å²) in [5, 5.41) is 15.1. The molecule has 24 heavy (non-hydrogen) atoms. The summed E-state index contributed by atoms with van der Waals surface area (Å²) in [5.41, 5.74) is 2.30. The Labute approximate surface area is 139 Å². The molecule has 0 aliphatic heterocycles. The number of rotatable bonds is 5. The second-order valence-corrected chi connectivity index (χ2v) is 5.27. The molecule has 0 radical (unpaired) electrons. The highest BCUT2D eigenvalue weighted by Crippen LogP contribution is 2.29. The first kappa shape index (κ1) is 15.7. The van der Waals surface area contributed by atoms with E-state index >= 15 is 0 Å². The topological polar surface area (TPSA) is 77.5 Å². The molecular weight excluding hydrogens is 302 g/mol. The monoisotopic (exact) mass is 319 g/mol. The highest BCUT2D eigenvalue weighted by molar-refractivity contribution is 5.90. The van der Waals surface area contributed by atoms with E-state index in [9.17, 15) is 9.90 Å². The fraction of sp³-hybridized carbons (Fsp3) is 0.0526. The van der Waals surface area contributed by atoms with Crippen LogP contribution in [0.25, 0.3) is 0 Å². The molecule has 0 aliphatic carbocycles. The maximum Gasteiger partial charge on any atom is 0.281 e. The van der Waals surface area contributed by atoms with E-state index in [1.165, 1.54) is 6.21 Å². The highest BCUT2D eigenvalue weighted by atomic mass is 16.3. The van der Waals surface area contributed by atoms with Gasteiger partial charge in [0.25, 0.3) is 5.91 Å². The molecule has 3 aromatic rings. The van der Waals surface area contributed by atoms with Crippen molar-refractivity contribution in [3.63, 3.8) is 0 Å². The van der Waals surface area contributed by atoms with Crippen LogP contribution >= 0.6 is 0 Å². The van der Waals surface area contributed by atoms with Crippen molar-refractivity contribution in [1.29, 1.82) is 0 Å². The van der Waals surface area contributed by atoms with Gasteiger partial charge in [0.1, 0.15) is 0 Å². The van der Waals surface area contributed by atoms with Crippen LogP contribution in [0.15, 0.2) is 84.1 Å². The van der Waals surface area contributed by atoms with Crippen LogP contribution < -0.4 is 5.43 Å². The predicted molar refractivity (Wildman–Crippen MR) is 92.4 cm³/mol. The molecule has 1 heterocycles. The van der Waals surface area contributed by atoms with Crippen molar-refractivity contribution in [2.75, 3.05) is 0 Å². The smallest absolute Gasteiger partial charge is 0.281 e. The zero-order valence-electron chi connectivity index (χ0n) is 12.9. The Balaban J connectivity index is 1.91. The molecule has 5 nitrogen and oxygen atoms in total. The number of aliphatic hydroxyl groups is 1. The van der Waals surface area contributed by atoms with Crippen LogP contribution in [0.4, 0.5) is 0 Å². The molecule has 120 valence electrons. The standard InChI is InChI=1S/C19H17N3O2/c23-18(22-21-14-17-12-7-13-20-17)19(24,15-8-3-1-4-9-15)16-10-5-2-6-11-16/h1-14,20,24H,(H,22,23)/b21-14-. The summed E-state index contributed by atoms with van der Waals surface area (Å²) < 4.78 is 0. The third-order valence-corrected chi connectivity index (χ3v) is 3.70. The SMILES string of the molecule is O=C(N/N=C\c1ccc[nH]1)C(O)(c1ccccc1)c1ccccc1. The fourth-order valence-corrected chi connectivity index (χ4v) is 2.45. The lowest BCUT2D eigenvalue weighted by atomic mass is 9.85. The number of aromatic amines is 1. The largest absolute Gasteiger partial charge is 0.372 e. The summed E-state index contributed by atoms with van der Waals surface area (Å²) in [5.74, 6) is -0.622. The lowest BCUT2D eigenvalue weighted by Crippen LogP contribution is -2.43. The summed E-state index contributed by atoms with van der Waals surface area (Å²) in [7, 11) is 0. The van der Waals surface area contributed by atoms with Crippen molar-refractivity contribution in [3.8, 4) is 0 Å². The summed E-state index contributed by atoms with van der Waals surface area (Å²) in [6.45, 7) is 0. The van der Waals surface area contributed by atoms with Gasteiger partial charge in [-0.25, -0.2) is 5.43 Å². The van der Waals surface area contributed by atoms with Crippen LogP contribution in [0.5, 0.6) is 0 Å². The molecular formula is C19H17N3O2. The van der Waals surface area contributed by atoms with Gasteiger partial charge in [-0.1, -0.05) is 60.7 Å². The van der Waals surface area contributed by atoms with E-state index in [0.717, 1.165) is 5.69 Å². The summed E-state index contributed by atoms with van der Waals surface area (Å²) in [6, 6.07) is 21.2. The molecule has 0 unspecified atom stereocenters. The minimum Gasteiger partial charge on any atom is -0.372 e.